The first-order chi connectivity index (χ1) is 9.11. The highest BCUT2D eigenvalue weighted by molar-refractivity contribution is 6.31. The van der Waals surface area contributed by atoms with Crippen LogP contribution in [0.15, 0.2) is 24.3 Å². The minimum atomic E-state index is 0.281. The molecule has 1 aliphatic rings. The van der Waals surface area contributed by atoms with Gasteiger partial charge >= 0.3 is 0 Å². The largest absolute Gasteiger partial charge is 0.396 e. The molecule has 1 saturated heterocycles. The SMILES string of the molecule is CN(C)[C@@H]1CN(Cc2ccccc2Cl)CC[C@@H]1CO. The van der Waals surface area contributed by atoms with Crippen molar-refractivity contribution in [1.29, 1.82) is 0 Å². The highest BCUT2D eigenvalue weighted by Crippen LogP contribution is 2.24. The van der Waals surface area contributed by atoms with E-state index >= 15 is 0 Å². The second kappa shape index (κ2) is 6.71. The molecule has 0 bridgehead atoms. The molecule has 1 aliphatic heterocycles. The summed E-state index contributed by atoms with van der Waals surface area (Å²) >= 11 is 6.22. The van der Waals surface area contributed by atoms with Crippen molar-refractivity contribution in [3.8, 4) is 0 Å². The first-order valence-corrected chi connectivity index (χ1v) is 7.22. The van der Waals surface area contributed by atoms with Gasteiger partial charge in [0.25, 0.3) is 0 Å². The molecule has 0 spiro atoms. The predicted octanol–water partition coefficient (Wildman–Crippen LogP) is 2.08. The second-order valence-electron chi connectivity index (χ2n) is 5.59. The van der Waals surface area contributed by atoms with Gasteiger partial charge in [0.05, 0.1) is 0 Å². The number of benzene rings is 1. The molecule has 106 valence electrons. The van der Waals surface area contributed by atoms with Gasteiger partial charge in [-0.1, -0.05) is 29.8 Å². The monoisotopic (exact) mass is 282 g/mol. The molecule has 0 aromatic heterocycles. The van der Waals surface area contributed by atoms with Gasteiger partial charge < -0.3 is 10.0 Å². The molecule has 2 rings (SSSR count). The fraction of sp³-hybridized carbons (Fsp3) is 0.600. The molecule has 2 atom stereocenters. The van der Waals surface area contributed by atoms with E-state index in [0.29, 0.717) is 12.0 Å². The molecule has 1 fully saturated rings. The molecule has 3 nitrogen and oxygen atoms in total. The van der Waals surface area contributed by atoms with Crippen LogP contribution in [0.1, 0.15) is 12.0 Å². The van der Waals surface area contributed by atoms with Crippen LogP contribution in [0.25, 0.3) is 0 Å². The maximum Gasteiger partial charge on any atom is 0.0475 e. The minimum absolute atomic E-state index is 0.281. The van der Waals surface area contributed by atoms with Crippen LogP contribution in [-0.2, 0) is 6.54 Å². The molecule has 0 amide bonds. The van der Waals surface area contributed by atoms with Crippen LogP contribution in [0.4, 0.5) is 0 Å². The predicted molar refractivity (Wildman–Crippen MR) is 79.4 cm³/mol. The van der Waals surface area contributed by atoms with E-state index in [1.54, 1.807) is 0 Å². The summed E-state index contributed by atoms with van der Waals surface area (Å²) in [6.45, 7) is 3.19. The maximum absolute atomic E-state index is 9.46. The second-order valence-corrected chi connectivity index (χ2v) is 6.00. The summed E-state index contributed by atoms with van der Waals surface area (Å²) < 4.78 is 0. The van der Waals surface area contributed by atoms with E-state index in [9.17, 15) is 5.11 Å². The Morgan fingerprint density at radius 1 is 1.37 bits per heavy atom. The van der Waals surface area contributed by atoms with Crippen molar-refractivity contribution in [2.75, 3.05) is 33.8 Å². The Labute approximate surface area is 120 Å². The third kappa shape index (κ3) is 3.69. The smallest absolute Gasteiger partial charge is 0.0475 e. The summed E-state index contributed by atoms with van der Waals surface area (Å²) in [5.41, 5.74) is 1.18. The first-order valence-electron chi connectivity index (χ1n) is 6.85. The van der Waals surface area contributed by atoms with Crippen LogP contribution in [0.5, 0.6) is 0 Å². The molecular formula is C15H23ClN2O. The lowest BCUT2D eigenvalue weighted by Gasteiger charge is -2.41. The number of likely N-dealkylation sites (N-methyl/N-ethyl adjacent to an activating group) is 1. The lowest BCUT2D eigenvalue weighted by molar-refractivity contribution is 0.0461. The summed E-state index contributed by atoms with van der Waals surface area (Å²) in [4.78, 5) is 4.65. The summed E-state index contributed by atoms with van der Waals surface area (Å²) in [6.07, 6.45) is 1.05. The number of nitrogens with zero attached hydrogens (tertiary/aromatic N) is 2. The lowest BCUT2D eigenvalue weighted by atomic mass is 9.91. The number of hydrogen-bond donors (Lipinski definition) is 1. The van der Waals surface area contributed by atoms with E-state index in [1.807, 2.05) is 18.2 Å². The fourth-order valence-corrected chi connectivity index (χ4v) is 3.05. The van der Waals surface area contributed by atoms with Crippen molar-refractivity contribution in [2.45, 2.75) is 19.0 Å². The lowest BCUT2D eigenvalue weighted by Crippen LogP contribution is -2.51. The molecule has 0 aliphatic carbocycles. The number of hydrogen-bond acceptors (Lipinski definition) is 3. The topological polar surface area (TPSA) is 26.7 Å². The summed E-state index contributed by atoms with van der Waals surface area (Å²) in [5, 5.41) is 10.3. The van der Waals surface area contributed by atoms with Crippen molar-refractivity contribution in [3.63, 3.8) is 0 Å². The number of aliphatic hydroxyl groups is 1. The van der Waals surface area contributed by atoms with Gasteiger partial charge in [-0.25, -0.2) is 0 Å². The molecule has 0 unspecified atom stereocenters. The number of piperidine rings is 1. The van der Waals surface area contributed by atoms with Gasteiger partial charge in [0.2, 0.25) is 0 Å². The van der Waals surface area contributed by atoms with E-state index in [2.05, 4.69) is 30.0 Å². The van der Waals surface area contributed by atoms with Gasteiger partial charge in [0.1, 0.15) is 0 Å². The van der Waals surface area contributed by atoms with Gasteiger partial charge in [0.15, 0.2) is 0 Å². The third-order valence-corrected chi connectivity index (χ3v) is 4.42. The van der Waals surface area contributed by atoms with Crippen LogP contribution in [0.3, 0.4) is 0 Å². The number of halogens is 1. The molecule has 1 aromatic carbocycles. The van der Waals surface area contributed by atoms with Crippen LogP contribution in [0.2, 0.25) is 5.02 Å². The Hall–Kier alpha value is -0.610. The van der Waals surface area contributed by atoms with Crippen LogP contribution in [0, 0.1) is 5.92 Å². The quantitative estimate of drug-likeness (QED) is 0.916. The highest BCUT2D eigenvalue weighted by Gasteiger charge is 2.30. The number of aliphatic hydroxyl groups excluding tert-OH is 1. The number of rotatable bonds is 4. The molecule has 0 radical (unpaired) electrons. The molecule has 1 aromatic rings. The zero-order valence-corrected chi connectivity index (χ0v) is 12.5. The Morgan fingerprint density at radius 3 is 2.74 bits per heavy atom. The zero-order valence-electron chi connectivity index (χ0n) is 11.7. The van der Waals surface area contributed by atoms with Crippen molar-refractivity contribution in [1.82, 2.24) is 9.80 Å². The third-order valence-electron chi connectivity index (χ3n) is 4.06. The van der Waals surface area contributed by atoms with Crippen LogP contribution in [-0.4, -0.2) is 54.7 Å². The molecule has 0 saturated carbocycles. The summed E-state index contributed by atoms with van der Waals surface area (Å²) in [6, 6.07) is 8.45. The normalized spacial score (nSPS) is 24.9. The Bertz CT molecular complexity index is 411. The minimum Gasteiger partial charge on any atom is -0.396 e. The molecule has 4 heteroatoms. The van der Waals surface area contributed by atoms with Gasteiger partial charge in [0, 0.05) is 30.8 Å². The van der Waals surface area contributed by atoms with Crippen molar-refractivity contribution < 1.29 is 5.11 Å². The van der Waals surface area contributed by atoms with Gasteiger partial charge in [-0.15, -0.1) is 0 Å². The standard InChI is InChI=1S/C15H23ClN2O/c1-17(2)15-10-18(8-7-13(15)11-19)9-12-5-3-4-6-14(12)16/h3-6,13,15,19H,7-11H2,1-2H3/t13-,15-/m1/s1. The number of likely N-dealkylation sites (tertiary alicyclic amines) is 1. The van der Waals surface area contributed by atoms with Crippen molar-refractivity contribution in [2.24, 2.45) is 5.92 Å². The van der Waals surface area contributed by atoms with Gasteiger partial charge in [-0.05, 0) is 44.6 Å². The fourth-order valence-electron chi connectivity index (χ4n) is 2.85. The van der Waals surface area contributed by atoms with Crippen LogP contribution < -0.4 is 0 Å². The average molecular weight is 283 g/mol. The van der Waals surface area contributed by atoms with E-state index < -0.39 is 0 Å². The molecule has 1 N–H and O–H groups in total. The first kappa shape index (κ1) is 14.8. The maximum atomic E-state index is 9.46. The zero-order chi connectivity index (χ0) is 13.8. The molecule has 19 heavy (non-hydrogen) atoms. The van der Waals surface area contributed by atoms with E-state index in [0.717, 1.165) is 31.1 Å². The summed E-state index contributed by atoms with van der Waals surface area (Å²) in [7, 11) is 4.18. The van der Waals surface area contributed by atoms with Crippen LogP contribution >= 0.6 is 11.6 Å². The van der Waals surface area contributed by atoms with Gasteiger partial charge in [-0.3, -0.25) is 4.90 Å². The van der Waals surface area contributed by atoms with Crippen molar-refractivity contribution >= 4 is 11.6 Å². The average Bonchev–Trinajstić information content (AvgIpc) is 2.41. The van der Waals surface area contributed by atoms with Gasteiger partial charge in [-0.2, -0.15) is 0 Å². The Balaban J connectivity index is 2.01. The van der Waals surface area contributed by atoms with Crippen molar-refractivity contribution in [3.05, 3.63) is 34.9 Å². The summed E-state index contributed by atoms with van der Waals surface area (Å²) in [5.74, 6) is 0.387. The Kier molecular flexibility index (Phi) is 5.22. The van der Waals surface area contributed by atoms with E-state index in [-0.39, 0.29) is 6.61 Å². The molecular weight excluding hydrogens is 260 g/mol. The van der Waals surface area contributed by atoms with E-state index in [4.69, 9.17) is 11.6 Å². The molecule has 1 heterocycles. The van der Waals surface area contributed by atoms with E-state index in [1.165, 1.54) is 5.56 Å². The highest BCUT2D eigenvalue weighted by atomic mass is 35.5. The Morgan fingerprint density at radius 2 is 2.11 bits per heavy atom.